The summed E-state index contributed by atoms with van der Waals surface area (Å²) >= 11 is 6.02. The van der Waals surface area contributed by atoms with Crippen molar-refractivity contribution in [2.24, 2.45) is 23.0 Å². The standard InChI is InChI=1S/C33H48ClN5O7/c1-20(23-12-6-5-7-13-23)46-26(40)18-36-32(45)38-28(33(2,3)4)31(44)39-19-22(14-15-34)17-25(39)30(43)37-24(27(41)29(35)42)16-21-10-8-9-11-21/h5-7,12-13,20-22,24-25,28H,8-11,14-19H2,1-4H3,(H2,35,42)(H,37,43)(H2,36,38,45)/t20?,22-,24?,25?,28?/m1/s1. The number of primary amides is 1. The van der Waals surface area contributed by atoms with E-state index in [1.165, 1.54) is 4.90 Å². The lowest BCUT2D eigenvalue weighted by Gasteiger charge is -2.35. The van der Waals surface area contributed by atoms with Gasteiger partial charge in [0.2, 0.25) is 17.6 Å². The molecule has 254 valence electrons. The van der Waals surface area contributed by atoms with Crippen LogP contribution in [-0.4, -0.2) is 77.5 Å². The summed E-state index contributed by atoms with van der Waals surface area (Å²) in [6, 6.07) is 5.31. The molecule has 12 nitrogen and oxygen atoms in total. The molecule has 5 atom stereocenters. The highest BCUT2D eigenvalue weighted by molar-refractivity contribution is 6.37. The van der Waals surface area contributed by atoms with Crippen LogP contribution in [0, 0.1) is 17.3 Å². The summed E-state index contributed by atoms with van der Waals surface area (Å²) in [5.41, 5.74) is 5.33. The van der Waals surface area contributed by atoms with E-state index in [2.05, 4.69) is 16.0 Å². The van der Waals surface area contributed by atoms with Crippen LogP contribution in [0.4, 0.5) is 4.79 Å². The van der Waals surface area contributed by atoms with Crippen molar-refractivity contribution in [2.45, 2.75) is 96.9 Å². The predicted molar refractivity (Wildman–Crippen MR) is 172 cm³/mol. The van der Waals surface area contributed by atoms with Gasteiger partial charge in [0.1, 0.15) is 24.7 Å². The first kappa shape index (κ1) is 36.8. The second-order valence-corrected chi connectivity index (χ2v) is 13.8. The SMILES string of the molecule is CC(OC(=O)CNC(=O)NC(C(=O)N1C[C@H](CCCl)CC1C(=O)NC(CC1CCCC1)C(=O)C(N)=O)C(C)(C)C)c1ccccc1. The number of urea groups is 1. The summed E-state index contributed by atoms with van der Waals surface area (Å²) in [5, 5.41) is 7.87. The van der Waals surface area contributed by atoms with Gasteiger partial charge >= 0.3 is 12.0 Å². The number of benzene rings is 1. The maximum Gasteiger partial charge on any atom is 0.326 e. The first-order valence-electron chi connectivity index (χ1n) is 16.0. The van der Waals surface area contributed by atoms with E-state index >= 15 is 0 Å². The molecule has 0 bridgehead atoms. The van der Waals surface area contributed by atoms with Crippen LogP contribution < -0.4 is 21.7 Å². The maximum atomic E-state index is 14.1. The van der Waals surface area contributed by atoms with Gasteiger partial charge in [-0.25, -0.2) is 4.79 Å². The Kier molecular flexibility index (Phi) is 13.4. The van der Waals surface area contributed by atoms with Gasteiger partial charge in [-0.2, -0.15) is 0 Å². The molecule has 1 aromatic carbocycles. The lowest BCUT2D eigenvalue weighted by atomic mass is 9.85. The number of halogens is 1. The number of nitrogens with one attached hydrogen (secondary N) is 3. The van der Waals surface area contributed by atoms with Crippen molar-refractivity contribution in [3.05, 3.63) is 35.9 Å². The average Bonchev–Trinajstić information content (AvgIpc) is 3.68. The summed E-state index contributed by atoms with van der Waals surface area (Å²) in [4.78, 5) is 79.0. The number of carbonyl (C=O) groups excluding carboxylic acids is 6. The average molecular weight is 662 g/mol. The Balaban J connectivity index is 1.70. The van der Waals surface area contributed by atoms with Gasteiger partial charge in [0.15, 0.2) is 0 Å². The van der Waals surface area contributed by atoms with Crippen LogP contribution in [0.25, 0.3) is 0 Å². The molecule has 0 radical (unpaired) electrons. The van der Waals surface area contributed by atoms with E-state index in [1.807, 2.05) is 30.3 Å². The van der Waals surface area contributed by atoms with E-state index in [-0.39, 0.29) is 18.4 Å². The van der Waals surface area contributed by atoms with E-state index < -0.39 is 71.7 Å². The number of nitrogens with two attached hydrogens (primary N) is 1. The molecule has 3 rings (SSSR count). The third-order valence-electron chi connectivity index (χ3n) is 8.77. The van der Waals surface area contributed by atoms with Crippen LogP contribution >= 0.6 is 11.6 Å². The number of nitrogens with zero attached hydrogens (tertiary/aromatic N) is 1. The minimum Gasteiger partial charge on any atom is -0.456 e. The molecule has 46 heavy (non-hydrogen) atoms. The Morgan fingerprint density at radius 1 is 1.02 bits per heavy atom. The van der Waals surface area contributed by atoms with Gasteiger partial charge in [0.05, 0.1) is 6.04 Å². The second kappa shape index (κ2) is 16.8. The molecule has 13 heteroatoms. The Labute approximate surface area is 275 Å². The topological polar surface area (TPSA) is 177 Å². The molecule has 2 aliphatic rings. The molecular formula is C33H48ClN5O7. The van der Waals surface area contributed by atoms with E-state index in [9.17, 15) is 28.8 Å². The summed E-state index contributed by atoms with van der Waals surface area (Å²) in [5.74, 6) is -3.26. The zero-order valence-corrected chi connectivity index (χ0v) is 27.9. The number of Topliss-reactive ketones (excluding diaryl/α,β-unsaturated/α-hetero) is 1. The van der Waals surface area contributed by atoms with Crippen molar-refractivity contribution >= 4 is 47.1 Å². The van der Waals surface area contributed by atoms with Gasteiger partial charge in [0.25, 0.3) is 5.91 Å². The minimum atomic E-state index is -1.12. The number of ketones is 1. The molecule has 1 aromatic rings. The number of rotatable bonds is 14. The number of carbonyl (C=O) groups is 6. The molecule has 1 aliphatic heterocycles. The fourth-order valence-electron chi connectivity index (χ4n) is 6.21. The molecule has 4 unspecified atom stereocenters. The van der Waals surface area contributed by atoms with Gasteiger partial charge in [-0.1, -0.05) is 76.8 Å². The smallest absolute Gasteiger partial charge is 0.326 e. The Hall–Kier alpha value is -3.67. The quantitative estimate of drug-likeness (QED) is 0.135. The van der Waals surface area contributed by atoms with Crippen molar-refractivity contribution in [3.8, 4) is 0 Å². The second-order valence-electron chi connectivity index (χ2n) is 13.4. The van der Waals surface area contributed by atoms with E-state index in [1.54, 1.807) is 27.7 Å². The van der Waals surface area contributed by atoms with Gasteiger partial charge in [0, 0.05) is 12.4 Å². The van der Waals surface area contributed by atoms with Gasteiger partial charge in [-0.15, -0.1) is 11.6 Å². The lowest BCUT2D eigenvalue weighted by molar-refractivity contribution is -0.147. The Bertz CT molecular complexity index is 1250. The third kappa shape index (κ3) is 10.4. The zero-order valence-electron chi connectivity index (χ0n) is 27.2. The van der Waals surface area contributed by atoms with Crippen LogP contribution in [0.15, 0.2) is 30.3 Å². The van der Waals surface area contributed by atoms with Crippen LogP contribution in [0.3, 0.4) is 0 Å². The maximum absolute atomic E-state index is 14.1. The number of alkyl halides is 1. The molecule has 1 aliphatic carbocycles. The first-order valence-corrected chi connectivity index (χ1v) is 16.5. The van der Waals surface area contributed by atoms with Gasteiger partial charge < -0.3 is 31.3 Å². The summed E-state index contributed by atoms with van der Waals surface area (Å²) in [6.45, 7) is 6.85. The fourth-order valence-corrected chi connectivity index (χ4v) is 6.52. The summed E-state index contributed by atoms with van der Waals surface area (Å²) in [6.07, 6.45) is 4.48. The number of hydrogen-bond acceptors (Lipinski definition) is 7. The fraction of sp³-hybridized carbons (Fsp3) is 0.636. The van der Waals surface area contributed by atoms with Crippen molar-refractivity contribution in [2.75, 3.05) is 19.0 Å². The van der Waals surface area contributed by atoms with E-state index in [0.29, 0.717) is 25.1 Å². The molecule has 2 fully saturated rings. The normalized spacial score (nSPS) is 20.3. The van der Waals surface area contributed by atoms with Crippen molar-refractivity contribution in [1.82, 2.24) is 20.9 Å². The minimum absolute atomic E-state index is 0.0897. The van der Waals surface area contributed by atoms with Gasteiger partial charge in [-0.3, -0.25) is 24.0 Å². The highest BCUT2D eigenvalue weighted by Crippen LogP contribution is 2.32. The highest BCUT2D eigenvalue weighted by Gasteiger charge is 2.45. The van der Waals surface area contributed by atoms with Crippen molar-refractivity contribution in [1.29, 1.82) is 0 Å². The third-order valence-corrected chi connectivity index (χ3v) is 8.99. The molecule has 1 saturated heterocycles. The largest absolute Gasteiger partial charge is 0.456 e. The number of likely N-dealkylation sites (tertiary alicyclic amines) is 1. The molecule has 0 aromatic heterocycles. The molecule has 5 amide bonds. The Morgan fingerprint density at radius 3 is 2.26 bits per heavy atom. The van der Waals surface area contributed by atoms with E-state index in [0.717, 1.165) is 31.2 Å². The lowest BCUT2D eigenvalue weighted by Crippen LogP contribution is -2.60. The Morgan fingerprint density at radius 2 is 1.67 bits per heavy atom. The highest BCUT2D eigenvalue weighted by atomic mass is 35.5. The number of ether oxygens (including phenoxy) is 1. The van der Waals surface area contributed by atoms with Gasteiger partial charge in [-0.05, 0) is 49.0 Å². The molecule has 1 heterocycles. The predicted octanol–water partition coefficient (Wildman–Crippen LogP) is 2.97. The first-order chi connectivity index (χ1) is 21.7. The molecule has 1 saturated carbocycles. The van der Waals surface area contributed by atoms with Crippen LogP contribution in [0.2, 0.25) is 0 Å². The van der Waals surface area contributed by atoms with Crippen LogP contribution in [-0.2, 0) is 28.7 Å². The number of esters is 1. The van der Waals surface area contributed by atoms with Crippen molar-refractivity contribution < 1.29 is 33.5 Å². The van der Waals surface area contributed by atoms with Crippen LogP contribution in [0.1, 0.15) is 84.3 Å². The van der Waals surface area contributed by atoms with Crippen LogP contribution in [0.5, 0.6) is 0 Å². The summed E-state index contributed by atoms with van der Waals surface area (Å²) in [7, 11) is 0. The molecule has 0 spiro atoms. The molecular weight excluding hydrogens is 614 g/mol. The van der Waals surface area contributed by atoms with E-state index in [4.69, 9.17) is 22.1 Å². The number of hydrogen-bond donors (Lipinski definition) is 4. The summed E-state index contributed by atoms with van der Waals surface area (Å²) < 4.78 is 5.40. The molecule has 5 N–H and O–H groups in total. The number of amides is 5. The zero-order chi connectivity index (χ0) is 34.0. The monoisotopic (exact) mass is 661 g/mol. The van der Waals surface area contributed by atoms with Crippen molar-refractivity contribution in [3.63, 3.8) is 0 Å².